The molecule has 5 heteroatoms. The summed E-state index contributed by atoms with van der Waals surface area (Å²) in [4.78, 5) is 24.3. The lowest BCUT2D eigenvalue weighted by Gasteiger charge is -2.56. The highest BCUT2D eigenvalue weighted by atomic mass is 79.9. The zero-order chi connectivity index (χ0) is 18.1. The zero-order valence-corrected chi connectivity index (χ0v) is 16.7. The van der Waals surface area contributed by atoms with Crippen LogP contribution in [0, 0.1) is 23.2 Å². The van der Waals surface area contributed by atoms with E-state index in [0.29, 0.717) is 23.9 Å². The maximum Gasteiger partial charge on any atom is 0.251 e. The number of carbonyl (C=O) groups excluding carboxylic acids is 2. The molecule has 1 aromatic carbocycles. The Morgan fingerprint density at radius 2 is 1.54 bits per heavy atom. The Kier molecular flexibility index (Phi) is 5.09. The highest BCUT2D eigenvalue weighted by Gasteiger charge is 2.50. The van der Waals surface area contributed by atoms with E-state index in [4.69, 9.17) is 0 Å². The quantitative estimate of drug-likeness (QED) is 0.735. The number of nitrogens with one attached hydrogen (secondary N) is 2. The number of amides is 2. The minimum absolute atomic E-state index is 0.0526. The summed E-state index contributed by atoms with van der Waals surface area (Å²) < 4.78 is 0.943. The Hall–Kier alpha value is -1.36. The van der Waals surface area contributed by atoms with Crippen molar-refractivity contribution in [2.75, 3.05) is 13.1 Å². The van der Waals surface area contributed by atoms with Crippen LogP contribution in [0.5, 0.6) is 0 Å². The predicted octanol–water partition coefficient (Wildman–Crippen LogP) is 3.90. The molecule has 4 fully saturated rings. The first kappa shape index (κ1) is 18.0. The summed E-state index contributed by atoms with van der Waals surface area (Å²) in [5.41, 5.74) is 0.979. The average Bonchev–Trinajstić information content (AvgIpc) is 2.59. The molecule has 0 heterocycles. The summed E-state index contributed by atoms with van der Waals surface area (Å²) in [6.07, 6.45) is 8.53. The first-order valence-corrected chi connectivity index (χ1v) is 10.6. The summed E-state index contributed by atoms with van der Waals surface area (Å²) in [7, 11) is 0. The molecular weight excluding hydrogens is 392 g/mol. The fraction of sp³-hybridized carbons (Fsp3) is 0.619. The van der Waals surface area contributed by atoms with Crippen LogP contribution in [0.25, 0.3) is 0 Å². The molecule has 4 bridgehead atoms. The fourth-order valence-electron chi connectivity index (χ4n) is 5.87. The largest absolute Gasteiger partial charge is 0.355 e. The van der Waals surface area contributed by atoms with Gasteiger partial charge >= 0.3 is 0 Å². The van der Waals surface area contributed by atoms with Gasteiger partial charge in [-0.1, -0.05) is 15.9 Å². The summed E-state index contributed by atoms with van der Waals surface area (Å²) in [6.45, 7) is 1.21. The van der Waals surface area contributed by atoms with E-state index in [1.165, 1.54) is 38.5 Å². The third-order valence-electron chi connectivity index (χ3n) is 6.57. The second-order valence-corrected chi connectivity index (χ2v) is 9.62. The zero-order valence-electron chi connectivity index (χ0n) is 15.1. The fourth-order valence-corrected chi connectivity index (χ4v) is 6.14. The molecule has 4 saturated carbocycles. The van der Waals surface area contributed by atoms with E-state index in [1.54, 1.807) is 12.1 Å². The Balaban J connectivity index is 1.20. The lowest BCUT2D eigenvalue weighted by molar-refractivity contribution is -0.123. The molecule has 0 saturated heterocycles. The molecule has 0 aromatic heterocycles. The maximum absolute atomic E-state index is 12.2. The summed E-state index contributed by atoms with van der Waals surface area (Å²) in [6, 6.07) is 7.22. The Labute approximate surface area is 163 Å². The van der Waals surface area contributed by atoms with E-state index in [1.807, 2.05) is 12.1 Å². The normalized spacial score (nSPS) is 31.7. The topological polar surface area (TPSA) is 58.2 Å². The SMILES string of the molecule is O=C(CCNC(=O)c1ccc(Br)cc1)NCC12CC3CC(CC(C3)C1)C2. The van der Waals surface area contributed by atoms with Crippen LogP contribution in [0.15, 0.2) is 28.7 Å². The van der Waals surface area contributed by atoms with Crippen molar-refractivity contribution in [2.24, 2.45) is 23.2 Å². The van der Waals surface area contributed by atoms with E-state index in [9.17, 15) is 9.59 Å². The number of halogens is 1. The third kappa shape index (κ3) is 3.98. The highest BCUT2D eigenvalue weighted by molar-refractivity contribution is 9.10. The van der Waals surface area contributed by atoms with Crippen molar-refractivity contribution in [3.8, 4) is 0 Å². The van der Waals surface area contributed by atoms with Crippen molar-refractivity contribution in [3.05, 3.63) is 34.3 Å². The molecule has 0 spiro atoms. The summed E-state index contributed by atoms with van der Waals surface area (Å²) in [5, 5.41) is 5.99. The standard InChI is InChI=1S/C21H27BrN2O2/c22-18-3-1-17(2-4-18)20(26)23-6-5-19(25)24-13-21-10-14-7-15(11-21)9-16(8-14)12-21/h1-4,14-16H,5-13H2,(H,23,26)(H,24,25). The van der Waals surface area contributed by atoms with Crippen molar-refractivity contribution in [1.29, 1.82) is 0 Å². The number of hydrogen-bond donors (Lipinski definition) is 2. The van der Waals surface area contributed by atoms with Gasteiger partial charge in [-0.15, -0.1) is 0 Å². The van der Waals surface area contributed by atoms with Crippen LogP contribution in [0.4, 0.5) is 0 Å². The Bertz CT molecular complexity index is 650. The smallest absolute Gasteiger partial charge is 0.251 e. The lowest BCUT2D eigenvalue weighted by Crippen LogP contribution is -2.51. The van der Waals surface area contributed by atoms with Gasteiger partial charge in [0.2, 0.25) is 5.91 Å². The van der Waals surface area contributed by atoms with Crippen LogP contribution in [-0.4, -0.2) is 24.9 Å². The van der Waals surface area contributed by atoms with Crippen molar-refractivity contribution in [2.45, 2.75) is 44.9 Å². The first-order chi connectivity index (χ1) is 12.5. The minimum Gasteiger partial charge on any atom is -0.355 e. The summed E-state index contributed by atoms with van der Waals surface area (Å²) in [5.74, 6) is 2.64. The third-order valence-corrected chi connectivity index (χ3v) is 7.10. The van der Waals surface area contributed by atoms with Gasteiger partial charge in [0.25, 0.3) is 5.91 Å². The molecule has 4 aliphatic carbocycles. The van der Waals surface area contributed by atoms with Gasteiger partial charge in [0.15, 0.2) is 0 Å². The average molecular weight is 419 g/mol. The molecule has 2 N–H and O–H groups in total. The van der Waals surface area contributed by atoms with Crippen LogP contribution in [0.3, 0.4) is 0 Å². The molecule has 5 rings (SSSR count). The van der Waals surface area contributed by atoms with Gasteiger partial charge in [-0.25, -0.2) is 0 Å². The molecule has 0 radical (unpaired) electrons. The minimum atomic E-state index is -0.133. The molecule has 0 unspecified atom stereocenters. The van der Waals surface area contributed by atoms with Gasteiger partial charge in [-0.2, -0.15) is 0 Å². The molecule has 1 aromatic rings. The van der Waals surface area contributed by atoms with Crippen LogP contribution in [-0.2, 0) is 4.79 Å². The maximum atomic E-state index is 12.2. The Morgan fingerprint density at radius 3 is 2.12 bits per heavy atom. The van der Waals surface area contributed by atoms with Crippen molar-refractivity contribution >= 4 is 27.7 Å². The molecular formula is C21H27BrN2O2. The van der Waals surface area contributed by atoms with Gasteiger partial charge in [0.1, 0.15) is 0 Å². The van der Waals surface area contributed by atoms with E-state index < -0.39 is 0 Å². The predicted molar refractivity (Wildman–Crippen MR) is 105 cm³/mol. The second kappa shape index (κ2) is 7.34. The molecule has 0 atom stereocenters. The van der Waals surface area contributed by atoms with Crippen LogP contribution >= 0.6 is 15.9 Å². The number of benzene rings is 1. The second-order valence-electron chi connectivity index (χ2n) is 8.71. The van der Waals surface area contributed by atoms with Crippen LogP contribution in [0.2, 0.25) is 0 Å². The van der Waals surface area contributed by atoms with Gasteiger partial charge in [0.05, 0.1) is 0 Å². The summed E-state index contributed by atoms with van der Waals surface area (Å²) >= 11 is 3.36. The van der Waals surface area contributed by atoms with E-state index >= 15 is 0 Å². The van der Waals surface area contributed by atoms with E-state index in [0.717, 1.165) is 28.8 Å². The molecule has 4 aliphatic rings. The van der Waals surface area contributed by atoms with Gasteiger partial charge in [-0.3, -0.25) is 9.59 Å². The van der Waals surface area contributed by atoms with Crippen LogP contribution in [0.1, 0.15) is 55.3 Å². The molecule has 2 amide bonds. The molecule has 4 nitrogen and oxygen atoms in total. The molecule has 26 heavy (non-hydrogen) atoms. The lowest BCUT2D eigenvalue weighted by atomic mass is 9.49. The van der Waals surface area contributed by atoms with Gasteiger partial charge in [0, 0.05) is 29.5 Å². The van der Waals surface area contributed by atoms with Crippen LogP contribution < -0.4 is 10.6 Å². The van der Waals surface area contributed by atoms with Crippen molar-refractivity contribution in [3.63, 3.8) is 0 Å². The molecule has 140 valence electrons. The highest BCUT2D eigenvalue weighted by Crippen LogP contribution is 2.59. The van der Waals surface area contributed by atoms with Crippen molar-refractivity contribution in [1.82, 2.24) is 10.6 Å². The first-order valence-electron chi connectivity index (χ1n) is 9.82. The number of carbonyl (C=O) groups is 2. The van der Waals surface area contributed by atoms with E-state index in [2.05, 4.69) is 26.6 Å². The van der Waals surface area contributed by atoms with Gasteiger partial charge in [-0.05, 0) is 86.0 Å². The number of rotatable bonds is 6. The number of hydrogen-bond acceptors (Lipinski definition) is 2. The Morgan fingerprint density at radius 1 is 0.962 bits per heavy atom. The molecule has 0 aliphatic heterocycles. The van der Waals surface area contributed by atoms with E-state index in [-0.39, 0.29) is 11.8 Å². The van der Waals surface area contributed by atoms with Gasteiger partial charge < -0.3 is 10.6 Å². The van der Waals surface area contributed by atoms with Crippen molar-refractivity contribution < 1.29 is 9.59 Å². The monoisotopic (exact) mass is 418 g/mol.